The summed E-state index contributed by atoms with van der Waals surface area (Å²) in [6.45, 7) is 4.04. The van der Waals surface area contributed by atoms with Crippen molar-refractivity contribution in [2.75, 3.05) is 32.6 Å². The van der Waals surface area contributed by atoms with E-state index in [1.165, 1.54) is 49.6 Å². The van der Waals surface area contributed by atoms with Gasteiger partial charge in [0.15, 0.2) is 5.13 Å². The highest BCUT2D eigenvalue weighted by Gasteiger charge is 2.27. The van der Waals surface area contributed by atoms with Crippen molar-refractivity contribution >= 4 is 32.4 Å². The van der Waals surface area contributed by atoms with E-state index in [1.54, 1.807) is 17.0 Å². The van der Waals surface area contributed by atoms with Crippen LogP contribution in [-0.4, -0.2) is 51.4 Å². The fourth-order valence-corrected chi connectivity index (χ4v) is 5.43. The number of rotatable bonds is 7. The zero-order valence-electron chi connectivity index (χ0n) is 16.8. The second-order valence-corrected chi connectivity index (χ2v) is 10.1. The molecule has 1 aromatic carbocycles. The maximum absolute atomic E-state index is 13.3. The molecular formula is C20H25N3O4S2. The van der Waals surface area contributed by atoms with E-state index in [0.717, 1.165) is 35.7 Å². The van der Waals surface area contributed by atoms with Gasteiger partial charge >= 0.3 is 0 Å². The number of aromatic nitrogens is 1. The third-order valence-electron chi connectivity index (χ3n) is 4.79. The molecule has 9 heteroatoms. The number of hydrogen-bond acceptors (Lipinski definition) is 6. The molecule has 2 aromatic rings. The number of hydrogen-bond donors (Lipinski definition) is 0. The summed E-state index contributed by atoms with van der Waals surface area (Å²) in [6, 6.07) is 4.43. The molecule has 1 heterocycles. The molecule has 3 rings (SSSR count). The van der Waals surface area contributed by atoms with Crippen molar-refractivity contribution in [2.24, 2.45) is 0 Å². The summed E-state index contributed by atoms with van der Waals surface area (Å²) < 4.78 is 31.7. The maximum Gasteiger partial charge on any atom is 0.260 e. The molecule has 1 aliphatic carbocycles. The summed E-state index contributed by atoms with van der Waals surface area (Å²) in [6.07, 6.45) is 5.79. The van der Waals surface area contributed by atoms with Gasteiger partial charge in [-0.2, -0.15) is 0 Å². The van der Waals surface area contributed by atoms with Gasteiger partial charge in [0, 0.05) is 31.1 Å². The molecule has 1 aliphatic rings. The average Bonchev–Trinajstić information content (AvgIpc) is 3.14. The number of carbonyl (C=O) groups excluding carboxylic acids is 1. The van der Waals surface area contributed by atoms with Gasteiger partial charge in [-0.25, -0.2) is 17.7 Å². The lowest BCUT2D eigenvalue weighted by atomic mass is 10.0. The summed E-state index contributed by atoms with van der Waals surface area (Å²) in [7, 11) is 0.498. The van der Waals surface area contributed by atoms with Gasteiger partial charge in [-0.15, -0.1) is 17.9 Å². The van der Waals surface area contributed by atoms with Crippen molar-refractivity contribution in [1.29, 1.82) is 0 Å². The van der Waals surface area contributed by atoms with Crippen LogP contribution in [0.25, 0.3) is 0 Å². The predicted molar refractivity (Wildman–Crippen MR) is 114 cm³/mol. The van der Waals surface area contributed by atoms with Gasteiger partial charge in [0.05, 0.1) is 12.8 Å². The average molecular weight is 436 g/mol. The molecule has 0 saturated carbocycles. The van der Waals surface area contributed by atoms with Crippen LogP contribution in [0.5, 0.6) is 5.75 Å². The Morgan fingerprint density at radius 1 is 1.31 bits per heavy atom. The Labute approximate surface area is 175 Å². The van der Waals surface area contributed by atoms with Gasteiger partial charge in [-0.3, -0.25) is 9.69 Å². The first-order chi connectivity index (χ1) is 13.8. The smallest absolute Gasteiger partial charge is 0.260 e. The number of amides is 1. The van der Waals surface area contributed by atoms with E-state index < -0.39 is 10.0 Å². The molecular weight excluding hydrogens is 410 g/mol. The van der Waals surface area contributed by atoms with Gasteiger partial charge in [-0.1, -0.05) is 6.08 Å². The van der Waals surface area contributed by atoms with Crippen LogP contribution in [0.3, 0.4) is 0 Å². The van der Waals surface area contributed by atoms with Gasteiger partial charge in [0.1, 0.15) is 10.6 Å². The molecule has 0 bridgehead atoms. The van der Waals surface area contributed by atoms with Crippen LogP contribution in [-0.2, 0) is 22.9 Å². The molecule has 156 valence electrons. The number of methoxy groups -OCH3 is 1. The molecule has 0 aliphatic heterocycles. The number of aryl methyl sites for hydroxylation is 2. The molecule has 29 heavy (non-hydrogen) atoms. The molecule has 0 radical (unpaired) electrons. The van der Waals surface area contributed by atoms with E-state index in [1.807, 2.05) is 0 Å². The predicted octanol–water partition coefficient (Wildman–Crippen LogP) is 3.11. The van der Waals surface area contributed by atoms with Crippen molar-refractivity contribution in [3.05, 3.63) is 47.0 Å². The van der Waals surface area contributed by atoms with Crippen LogP contribution in [0.1, 0.15) is 33.8 Å². The Balaban J connectivity index is 2.02. The van der Waals surface area contributed by atoms with Crippen molar-refractivity contribution in [3.63, 3.8) is 0 Å². The topological polar surface area (TPSA) is 79.8 Å². The second-order valence-electron chi connectivity index (χ2n) is 6.93. The molecule has 0 spiro atoms. The zero-order valence-corrected chi connectivity index (χ0v) is 18.5. The standard InChI is InChI=1S/C20H25N3O4S2/c1-5-12-23(20-21-15-8-6-7-9-17(15)28-20)19(24)14-10-11-16(27-4)18(13-14)29(25,26)22(2)3/h5,10-11,13H,1,6-9,12H2,2-4H3. The third-order valence-corrected chi connectivity index (χ3v) is 7.81. The first kappa shape index (κ1) is 21.5. The second kappa shape index (κ2) is 8.64. The first-order valence-corrected chi connectivity index (χ1v) is 11.6. The van der Waals surface area contributed by atoms with Crippen molar-refractivity contribution in [1.82, 2.24) is 9.29 Å². The highest BCUT2D eigenvalue weighted by Crippen LogP contribution is 2.33. The van der Waals surface area contributed by atoms with Crippen molar-refractivity contribution in [2.45, 2.75) is 30.6 Å². The Kier molecular flexibility index (Phi) is 6.40. The van der Waals surface area contributed by atoms with Gasteiger partial charge in [-0.05, 0) is 43.9 Å². The number of thiazole rings is 1. The van der Waals surface area contributed by atoms with Gasteiger partial charge in [0.25, 0.3) is 5.91 Å². The summed E-state index contributed by atoms with van der Waals surface area (Å²) in [5.74, 6) is -0.135. The monoisotopic (exact) mass is 435 g/mol. The van der Waals surface area contributed by atoms with Gasteiger partial charge in [0.2, 0.25) is 10.0 Å². The number of nitrogens with zero attached hydrogens (tertiary/aromatic N) is 3. The van der Waals surface area contributed by atoms with E-state index in [-0.39, 0.29) is 28.7 Å². The van der Waals surface area contributed by atoms with Crippen LogP contribution in [0.4, 0.5) is 5.13 Å². The quantitative estimate of drug-likeness (QED) is 0.625. The number of anilines is 1. The fraction of sp³-hybridized carbons (Fsp3) is 0.400. The Bertz CT molecular complexity index is 1000. The molecule has 0 N–H and O–H groups in total. The molecule has 1 aromatic heterocycles. The Morgan fingerprint density at radius 3 is 2.66 bits per heavy atom. The normalized spacial score (nSPS) is 13.8. The molecule has 0 fully saturated rings. The molecule has 0 unspecified atom stereocenters. The van der Waals surface area contributed by atoms with E-state index in [9.17, 15) is 13.2 Å². The number of benzene rings is 1. The van der Waals surface area contributed by atoms with E-state index >= 15 is 0 Å². The van der Waals surface area contributed by atoms with E-state index in [0.29, 0.717) is 5.13 Å². The largest absolute Gasteiger partial charge is 0.495 e. The third kappa shape index (κ3) is 4.22. The highest BCUT2D eigenvalue weighted by molar-refractivity contribution is 7.89. The SMILES string of the molecule is C=CCN(C(=O)c1ccc(OC)c(S(=O)(=O)N(C)C)c1)c1nc2c(s1)CCCC2. The van der Waals surface area contributed by atoms with Crippen LogP contribution in [0.15, 0.2) is 35.7 Å². The first-order valence-electron chi connectivity index (χ1n) is 9.31. The summed E-state index contributed by atoms with van der Waals surface area (Å²) >= 11 is 1.52. The lowest BCUT2D eigenvalue weighted by molar-refractivity contribution is 0.0989. The Morgan fingerprint density at radius 2 is 2.03 bits per heavy atom. The van der Waals surface area contributed by atoms with Crippen LogP contribution in [0, 0.1) is 0 Å². The number of fused-ring (bicyclic) bond motifs is 1. The zero-order chi connectivity index (χ0) is 21.2. The fourth-order valence-electron chi connectivity index (χ4n) is 3.19. The minimum Gasteiger partial charge on any atom is -0.495 e. The number of ether oxygens (including phenoxy) is 1. The minimum absolute atomic E-state index is 0.0483. The van der Waals surface area contributed by atoms with Gasteiger partial charge < -0.3 is 4.74 Å². The van der Waals surface area contributed by atoms with Crippen LogP contribution >= 0.6 is 11.3 Å². The van der Waals surface area contributed by atoms with Crippen LogP contribution < -0.4 is 9.64 Å². The van der Waals surface area contributed by atoms with Crippen molar-refractivity contribution < 1.29 is 17.9 Å². The molecule has 7 nitrogen and oxygen atoms in total. The van der Waals surface area contributed by atoms with Crippen LogP contribution in [0.2, 0.25) is 0 Å². The molecule has 1 amide bonds. The lowest BCUT2D eigenvalue weighted by Crippen LogP contribution is -2.31. The van der Waals surface area contributed by atoms with Crippen molar-refractivity contribution in [3.8, 4) is 5.75 Å². The summed E-state index contributed by atoms with van der Waals surface area (Å²) in [5.41, 5.74) is 1.31. The minimum atomic E-state index is -3.78. The Hall–Kier alpha value is -2.23. The molecule has 0 atom stereocenters. The highest BCUT2D eigenvalue weighted by atomic mass is 32.2. The lowest BCUT2D eigenvalue weighted by Gasteiger charge is -2.20. The van der Waals surface area contributed by atoms with E-state index in [2.05, 4.69) is 11.6 Å². The number of sulfonamides is 1. The maximum atomic E-state index is 13.3. The summed E-state index contributed by atoms with van der Waals surface area (Å²) in [4.78, 5) is 20.7. The molecule has 0 saturated heterocycles. The number of carbonyl (C=O) groups is 1. The summed E-state index contributed by atoms with van der Waals surface area (Å²) in [5, 5.41) is 0.620. The van der Waals surface area contributed by atoms with E-state index in [4.69, 9.17) is 4.74 Å².